The molecule has 4 aromatic carbocycles. The van der Waals surface area contributed by atoms with Crippen LogP contribution in [0.5, 0.6) is 0 Å². The van der Waals surface area contributed by atoms with E-state index in [1.54, 1.807) is 0 Å². The number of benzene rings is 4. The zero-order valence-corrected chi connectivity index (χ0v) is 26.6. The van der Waals surface area contributed by atoms with E-state index in [1.807, 2.05) is 48.8 Å². The summed E-state index contributed by atoms with van der Waals surface area (Å²) in [4.78, 5) is 22.0. The molecule has 1 aliphatic carbocycles. The van der Waals surface area contributed by atoms with Crippen molar-refractivity contribution in [2.45, 2.75) is 12.8 Å². The van der Waals surface area contributed by atoms with Crippen LogP contribution in [0.3, 0.4) is 0 Å². The Labute approximate surface area is 283 Å². The van der Waals surface area contributed by atoms with Crippen molar-refractivity contribution in [3.8, 4) is 22.8 Å². The number of hydrogen-bond donors (Lipinski definition) is 0. The highest BCUT2D eigenvalue weighted by molar-refractivity contribution is 6.14. The van der Waals surface area contributed by atoms with Crippen molar-refractivity contribution in [2.24, 2.45) is 0 Å². The molecule has 49 heavy (non-hydrogen) atoms. The van der Waals surface area contributed by atoms with E-state index in [0.29, 0.717) is 17.6 Å². The molecule has 9 rings (SSSR count). The molecule has 0 bridgehead atoms. The summed E-state index contributed by atoms with van der Waals surface area (Å²) in [6.45, 7) is 0. The highest BCUT2D eigenvalue weighted by Gasteiger charge is 2.28. The molecule has 7 nitrogen and oxygen atoms in total. The number of para-hydroxylation sites is 3. The maximum absolute atomic E-state index is 5.25. The molecule has 0 spiro atoms. The van der Waals surface area contributed by atoms with Gasteiger partial charge in [0, 0.05) is 46.6 Å². The predicted molar refractivity (Wildman–Crippen MR) is 198 cm³/mol. The molecule has 0 saturated heterocycles. The van der Waals surface area contributed by atoms with E-state index in [-0.39, 0.29) is 0 Å². The molecule has 1 aliphatic rings. The largest absolute Gasteiger partial charge is 0.312 e. The number of pyridine rings is 1. The number of fused-ring (bicyclic) bond motifs is 3. The molecule has 8 aromatic rings. The van der Waals surface area contributed by atoms with Crippen LogP contribution in [0, 0.1) is 0 Å². The first-order chi connectivity index (χ1) is 24.3. The van der Waals surface area contributed by atoms with Crippen molar-refractivity contribution < 1.29 is 0 Å². The molecular weight excluding hydrogens is 603 g/mol. The fraction of sp³-hybridized carbons (Fsp3) is 0.0476. The van der Waals surface area contributed by atoms with Gasteiger partial charge in [0.15, 0.2) is 11.6 Å². The Balaban J connectivity index is 1.41. The smallest absolute Gasteiger partial charge is 0.238 e. The minimum absolute atomic E-state index is 0.546. The third-order valence-electron chi connectivity index (χ3n) is 8.95. The lowest BCUT2D eigenvalue weighted by Gasteiger charge is -2.24. The monoisotopic (exact) mass is 633 g/mol. The van der Waals surface area contributed by atoms with Crippen LogP contribution in [0.15, 0.2) is 164 Å². The molecule has 0 amide bonds. The molecule has 4 aromatic heterocycles. The predicted octanol–water partition coefficient (Wildman–Crippen LogP) is 10.0. The lowest BCUT2D eigenvalue weighted by molar-refractivity contribution is 0.956. The van der Waals surface area contributed by atoms with Gasteiger partial charge >= 0.3 is 0 Å². The molecule has 0 unspecified atom stereocenters. The standard InChI is InChI=1S/C42H31N7/c1-5-15-30(16-6-1)40-44-41(31-17-7-2-8-18-31)46-42(45-40)49(34-21-11-4-12-22-34)37-29-47(32-25-27-43-28-26-32)38-35-23-13-14-24-36(35)48(39(37)38)33-19-9-3-10-20-33/h1-7,9-17,19-29H,8,18H2. The number of rotatable bonds is 7. The maximum Gasteiger partial charge on any atom is 0.238 e. The van der Waals surface area contributed by atoms with Crippen LogP contribution in [0.1, 0.15) is 18.7 Å². The first kappa shape index (κ1) is 28.6. The topological polar surface area (TPSA) is 64.7 Å². The van der Waals surface area contributed by atoms with Crippen molar-refractivity contribution >= 4 is 44.8 Å². The van der Waals surface area contributed by atoms with Crippen LogP contribution in [-0.2, 0) is 0 Å². The number of anilines is 3. The molecular formula is C42H31N7. The second kappa shape index (κ2) is 12.2. The summed E-state index contributed by atoms with van der Waals surface area (Å²) in [5, 5.41) is 1.14. The lowest BCUT2D eigenvalue weighted by atomic mass is 10.0. The van der Waals surface area contributed by atoms with E-state index in [0.717, 1.165) is 68.7 Å². The van der Waals surface area contributed by atoms with Gasteiger partial charge in [0.05, 0.1) is 22.2 Å². The molecule has 0 atom stereocenters. The van der Waals surface area contributed by atoms with E-state index < -0.39 is 0 Å². The lowest BCUT2D eigenvalue weighted by Crippen LogP contribution is -2.16. The molecule has 0 saturated carbocycles. The molecule has 0 fully saturated rings. The van der Waals surface area contributed by atoms with Gasteiger partial charge in [0.1, 0.15) is 0 Å². The molecule has 234 valence electrons. The number of allylic oxidation sites excluding steroid dienone is 4. The summed E-state index contributed by atoms with van der Waals surface area (Å²) in [7, 11) is 0. The third kappa shape index (κ3) is 5.09. The van der Waals surface area contributed by atoms with Gasteiger partial charge in [-0.2, -0.15) is 9.97 Å². The Morgan fingerprint density at radius 2 is 1.31 bits per heavy atom. The normalized spacial score (nSPS) is 12.8. The number of hydrogen-bond acceptors (Lipinski definition) is 5. The first-order valence-electron chi connectivity index (χ1n) is 16.5. The van der Waals surface area contributed by atoms with Crippen molar-refractivity contribution in [1.82, 2.24) is 29.1 Å². The van der Waals surface area contributed by atoms with Crippen LogP contribution < -0.4 is 4.90 Å². The van der Waals surface area contributed by atoms with Gasteiger partial charge in [-0.3, -0.25) is 9.88 Å². The Kier molecular flexibility index (Phi) is 7.13. The quantitative estimate of drug-likeness (QED) is 0.175. The van der Waals surface area contributed by atoms with Crippen molar-refractivity contribution in [3.05, 3.63) is 170 Å². The Hall–Kier alpha value is -6.60. The van der Waals surface area contributed by atoms with Gasteiger partial charge in [-0.25, -0.2) is 4.98 Å². The fourth-order valence-corrected chi connectivity index (χ4v) is 6.72. The zero-order valence-electron chi connectivity index (χ0n) is 26.6. The Morgan fingerprint density at radius 3 is 2.06 bits per heavy atom. The van der Waals surface area contributed by atoms with Crippen molar-refractivity contribution in [1.29, 1.82) is 0 Å². The van der Waals surface area contributed by atoms with Gasteiger partial charge in [0.2, 0.25) is 5.95 Å². The van der Waals surface area contributed by atoms with Crippen LogP contribution in [0.25, 0.3) is 50.3 Å². The highest BCUT2D eigenvalue weighted by atomic mass is 15.3. The minimum atomic E-state index is 0.546. The zero-order chi connectivity index (χ0) is 32.6. The molecule has 0 radical (unpaired) electrons. The van der Waals surface area contributed by atoms with E-state index in [1.165, 1.54) is 0 Å². The van der Waals surface area contributed by atoms with Gasteiger partial charge < -0.3 is 9.13 Å². The average Bonchev–Trinajstić information content (AvgIpc) is 3.73. The van der Waals surface area contributed by atoms with E-state index in [9.17, 15) is 0 Å². The first-order valence-corrected chi connectivity index (χ1v) is 16.5. The van der Waals surface area contributed by atoms with E-state index in [4.69, 9.17) is 15.0 Å². The van der Waals surface area contributed by atoms with Crippen molar-refractivity contribution in [2.75, 3.05) is 4.90 Å². The molecule has 7 heteroatoms. The average molecular weight is 634 g/mol. The second-order valence-electron chi connectivity index (χ2n) is 12.0. The van der Waals surface area contributed by atoms with Crippen LogP contribution in [0.2, 0.25) is 0 Å². The SMILES string of the molecule is C1=CCCC(c2nc(-c3ccccc3)nc(N(c3ccccc3)c3cn(-c4ccncc4)c4c5ccccc5n(-c5ccccc5)c34)n2)=C1. The molecule has 4 heterocycles. The van der Waals surface area contributed by atoms with E-state index in [2.05, 4.69) is 134 Å². The number of aromatic nitrogens is 6. The molecule has 0 N–H and O–H groups in total. The third-order valence-corrected chi connectivity index (χ3v) is 8.95. The fourth-order valence-electron chi connectivity index (χ4n) is 6.72. The van der Waals surface area contributed by atoms with Crippen LogP contribution in [-0.4, -0.2) is 29.1 Å². The van der Waals surface area contributed by atoms with Gasteiger partial charge in [-0.1, -0.05) is 103 Å². The van der Waals surface area contributed by atoms with Gasteiger partial charge in [-0.15, -0.1) is 0 Å². The summed E-state index contributed by atoms with van der Waals surface area (Å²) in [5.41, 5.74) is 9.21. The minimum Gasteiger partial charge on any atom is -0.312 e. The number of nitrogens with zero attached hydrogens (tertiary/aromatic N) is 7. The van der Waals surface area contributed by atoms with Gasteiger partial charge in [0.25, 0.3) is 0 Å². The summed E-state index contributed by atoms with van der Waals surface area (Å²) in [6.07, 6.45) is 14.1. The highest BCUT2D eigenvalue weighted by Crippen LogP contribution is 2.45. The van der Waals surface area contributed by atoms with Gasteiger partial charge in [-0.05, 0) is 60.9 Å². The van der Waals surface area contributed by atoms with Crippen LogP contribution in [0.4, 0.5) is 17.3 Å². The van der Waals surface area contributed by atoms with Crippen LogP contribution >= 0.6 is 0 Å². The summed E-state index contributed by atoms with van der Waals surface area (Å²) in [5.74, 6) is 1.86. The maximum atomic E-state index is 5.25. The summed E-state index contributed by atoms with van der Waals surface area (Å²) >= 11 is 0. The summed E-state index contributed by atoms with van der Waals surface area (Å²) < 4.78 is 4.61. The Bertz CT molecular complexity index is 2480. The summed E-state index contributed by atoms with van der Waals surface area (Å²) in [6, 6.07) is 43.7. The van der Waals surface area contributed by atoms with E-state index >= 15 is 0 Å². The molecule has 0 aliphatic heterocycles. The van der Waals surface area contributed by atoms with Crippen molar-refractivity contribution in [3.63, 3.8) is 0 Å². The second-order valence-corrected chi connectivity index (χ2v) is 12.0. The Morgan fingerprint density at radius 1 is 0.612 bits per heavy atom.